The normalized spacial score (nSPS) is 9.14. The van der Waals surface area contributed by atoms with E-state index in [1.165, 1.54) is 6.07 Å². The average molecular weight is 256 g/mol. The SMILES string of the molecule is N#CCOc1c(Br)cccc1C(=O)O. The Bertz CT molecular complexity index is 398. The number of carboxylic acid groups (broad SMARTS) is 1. The predicted molar refractivity (Wildman–Crippen MR) is 52.2 cm³/mol. The maximum atomic E-state index is 10.8. The molecule has 0 aliphatic heterocycles. The molecule has 1 aromatic carbocycles. The Morgan fingerprint density at radius 3 is 2.93 bits per heavy atom. The van der Waals surface area contributed by atoms with Gasteiger partial charge in [-0.05, 0) is 28.1 Å². The van der Waals surface area contributed by atoms with E-state index in [4.69, 9.17) is 15.1 Å². The second kappa shape index (κ2) is 4.63. The highest BCUT2D eigenvalue weighted by atomic mass is 79.9. The van der Waals surface area contributed by atoms with E-state index in [0.717, 1.165) is 0 Å². The molecule has 1 aromatic rings. The van der Waals surface area contributed by atoms with Gasteiger partial charge in [-0.2, -0.15) is 5.26 Å². The molecule has 0 aliphatic carbocycles. The van der Waals surface area contributed by atoms with E-state index in [9.17, 15) is 4.79 Å². The summed E-state index contributed by atoms with van der Waals surface area (Å²) in [5.41, 5.74) is 0.0367. The second-order valence-electron chi connectivity index (χ2n) is 2.37. The Kier molecular flexibility index (Phi) is 3.48. The third-order valence-electron chi connectivity index (χ3n) is 1.48. The molecule has 14 heavy (non-hydrogen) atoms. The van der Waals surface area contributed by atoms with Gasteiger partial charge in [-0.1, -0.05) is 6.07 Å². The van der Waals surface area contributed by atoms with E-state index in [2.05, 4.69) is 15.9 Å². The molecular weight excluding hydrogens is 250 g/mol. The topological polar surface area (TPSA) is 70.3 Å². The summed E-state index contributed by atoms with van der Waals surface area (Å²) in [6, 6.07) is 6.43. The molecular formula is C9H6BrNO3. The number of halogens is 1. The summed E-state index contributed by atoms with van der Waals surface area (Å²) >= 11 is 3.15. The first-order chi connectivity index (χ1) is 6.66. The van der Waals surface area contributed by atoms with Gasteiger partial charge in [0.1, 0.15) is 17.4 Å². The van der Waals surface area contributed by atoms with E-state index in [1.54, 1.807) is 18.2 Å². The maximum Gasteiger partial charge on any atom is 0.339 e. The van der Waals surface area contributed by atoms with Gasteiger partial charge < -0.3 is 9.84 Å². The average Bonchev–Trinajstić information content (AvgIpc) is 2.15. The Labute approximate surface area is 88.9 Å². The second-order valence-corrected chi connectivity index (χ2v) is 3.22. The lowest BCUT2D eigenvalue weighted by molar-refractivity contribution is 0.0692. The highest BCUT2D eigenvalue weighted by Gasteiger charge is 2.13. The van der Waals surface area contributed by atoms with Crippen LogP contribution in [-0.2, 0) is 0 Å². The third-order valence-corrected chi connectivity index (χ3v) is 2.10. The van der Waals surface area contributed by atoms with Crippen molar-refractivity contribution in [2.75, 3.05) is 6.61 Å². The van der Waals surface area contributed by atoms with Gasteiger partial charge in [-0.15, -0.1) is 0 Å². The Morgan fingerprint density at radius 1 is 1.64 bits per heavy atom. The Hall–Kier alpha value is -1.54. The molecule has 0 aromatic heterocycles. The molecule has 0 heterocycles. The standard InChI is InChI=1S/C9H6BrNO3/c10-7-3-1-2-6(9(12)13)8(7)14-5-4-11/h1-3H,5H2,(H,12,13). The van der Waals surface area contributed by atoms with Crippen LogP contribution in [0.3, 0.4) is 0 Å². The van der Waals surface area contributed by atoms with Crippen LogP contribution in [0.1, 0.15) is 10.4 Å². The van der Waals surface area contributed by atoms with Crippen LogP contribution < -0.4 is 4.74 Å². The van der Waals surface area contributed by atoms with E-state index in [0.29, 0.717) is 4.47 Å². The minimum atomic E-state index is -1.08. The first-order valence-corrected chi connectivity index (χ1v) is 4.47. The van der Waals surface area contributed by atoms with Crippen molar-refractivity contribution in [1.82, 2.24) is 0 Å². The number of para-hydroxylation sites is 1. The molecule has 0 amide bonds. The number of carbonyl (C=O) groups is 1. The molecule has 1 N–H and O–H groups in total. The number of nitrogens with zero attached hydrogens (tertiary/aromatic N) is 1. The van der Waals surface area contributed by atoms with Crippen molar-refractivity contribution in [1.29, 1.82) is 5.26 Å². The van der Waals surface area contributed by atoms with Crippen LogP contribution >= 0.6 is 15.9 Å². The zero-order chi connectivity index (χ0) is 10.6. The number of benzene rings is 1. The molecule has 0 radical (unpaired) electrons. The molecule has 4 nitrogen and oxygen atoms in total. The molecule has 5 heteroatoms. The molecule has 0 saturated heterocycles. The molecule has 0 saturated carbocycles. The lowest BCUT2D eigenvalue weighted by atomic mass is 10.2. The summed E-state index contributed by atoms with van der Waals surface area (Å²) in [5, 5.41) is 17.1. The fraction of sp³-hybridized carbons (Fsp3) is 0.111. The molecule has 0 fully saturated rings. The van der Waals surface area contributed by atoms with Gasteiger partial charge >= 0.3 is 5.97 Å². The fourth-order valence-electron chi connectivity index (χ4n) is 0.928. The van der Waals surface area contributed by atoms with Crippen LogP contribution in [-0.4, -0.2) is 17.7 Å². The van der Waals surface area contributed by atoms with Gasteiger partial charge in [-0.3, -0.25) is 0 Å². The van der Waals surface area contributed by atoms with Crippen molar-refractivity contribution >= 4 is 21.9 Å². The first-order valence-electron chi connectivity index (χ1n) is 3.68. The van der Waals surface area contributed by atoms with Gasteiger partial charge in [0, 0.05) is 0 Å². The summed E-state index contributed by atoms with van der Waals surface area (Å²) < 4.78 is 5.51. The highest BCUT2D eigenvalue weighted by molar-refractivity contribution is 9.10. The number of rotatable bonds is 3. The molecule has 0 bridgehead atoms. The van der Waals surface area contributed by atoms with Crippen molar-refractivity contribution in [3.05, 3.63) is 28.2 Å². The number of hydrogen-bond donors (Lipinski definition) is 1. The molecule has 0 unspecified atom stereocenters. The number of nitriles is 1. The van der Waals surface area contributed by atoms with Gasteiger partial charge in [0.2, 0.25) is 0 Å². The zero-order valence-corrected chi connectivity index (χ0v) is 8.61. The van der Waals surface area contributed by atoms with Gasteiger partial charge in [0.05, 0.1) is 4.47 Å². The van der Waals surface area contributed by atoms with Crippen LogP contribution in [0.5, 0.6) is 5.75 Å². The van der Waals surface area contributed by atoms with Crippen LogP contribution in [0, 0.1) is 11.3 Å². The van der Waals surface area contributed by atoms with Gasteiger partial charge in [0.25, 0.3) is 0 Å². The molecule has 72 valence electrons. The van der Waals surface area contributed by atoms with E-state index >= 15 is 0 Å². The van der Waals surface area contributed by atoms with Crippen molar-refractivity contribution in [2.24, 2.45) is 0 Å². The van der Waals surface area contributed by atoms with Crippen LogP contribution in [0.25, 0.3) is 0 Å². The minimum Gasteiger partial charge on any atom is -0.478 e. The zero-order valence-electron chi connectivity index (χ0n) is 7.03. The quantitative estimate of drug-likeness (QED) is 0.898. The highest BCUT2D eigenvalue weighted by Crippen LogP contribution is 2.28. The largest absolute Gasteiger partial charge is 0.478 e. The summed E-state index contributed by atoms with van der Waals surface area (Å²) in [6.07, 6.45) is 0. The van der Waals surface area contributed by atoms with Crippen molar-refractivity contribution < 1.29 is 14.6 Å². The van der Waals surface area contributed by atoms with Crippen molar-refractivity contribution in [3.63, 3.8) is 0 Å². The van der Waals surface area contributed by atoms with E-state index in [-0.39, 0.29) is 17.9 Å². The summed E-state index contributed by atoms with van der Waals surface area (Å²) in [7, 11) is 0. The Morgan fingerprint density at radius 2 is 2.36 bits per heavy atom. The van der Waals surface area contributed by atoms with Gasteiger partial charge in [-0.25, -0.2) is 4.79 Å². The third kappa shape index (κ3) is 2.24. The van der Waals surface area contributed by atoms with Crippen molar-refractivity contribution in [2.45, 2.75) is 0 Å². The Balaban J connectivity index is 3.10. The number of hydrogen-bond acceptors (Lipinski definition) is 3. The predicted octanol–water partition coefficient (Wildman–Crippen LogP) is 2.05. The summed E-state index contributed by atoms with van der Waals surface area (Å²) in [6.45, 7) is -0.178. The smallest absolute Gasteiger partial charge is 0.339 e. The first kappa shape index (κ1) is 10.5. The molecule has 0 atom stereocenters. The van der Waals surface area contributed by atoms with E-state index < -0.39 is 5.97 Å². The minimum absolute atomic E-state index is 0.0367. The monoisotopic (exact) mass is 255 g/mol. The number of carboxylic acids is 1. The fourth-order valence-corrected chi connectivity index (χ4v) is 1.41. The lowest BCUT2D eigenvalue weighted by Crippen LogP contribution is -2.03. The molecule has 0 aliphatic rings. The van der Waals surface area contributed by atoms with Crippen LogP contribution in [0.2, 0.25) is 0 Å². The van der Waals surface area contributed by atoms with Crippen LogP contribution in [0.4, 0.5) is 0 Å². The van der Waals surface area contributed by atoms with Crippen molar-refractivity contribution in [3.8, 4) is 11.8 Å². The van der Waals surface area contributed by atoms with E-state index in [1.807, 2.05) is 0 Å². The van der Waals surface area contributed by atoms with Gasteiger partial charge in [0.15, 0.2) is 6.61 Å². The molecule has 1 rings (SSSR count). The summed E-state index contributed by atoms with van der Waals surface area (Å²) in [5.74, 6) is -0.902. The number of aromatic carboxylic acids is 1. The lowest BCUT2D eigenvalue weighted by Gasteiger charge is -2.07. The number of ether oxygens (including phenoxy) is 1. The molecule has 0 spiro atoms. The summed E-state index contributed by atoms with van der Waals surface area (Å²) in [4.78, 5) is 10.8. The van der Waals surface area contributed by atoms with Crippen LogP contribution in [0.15, 0.2) is 22.7 Å². The maximum absolute atomic E-state index is 10.8.